The molecule has 1 atom stereocenters. The molecule has 6 nitrogen and oxygen atoms in total. The van der Waals surface area contributed by atoms with Crippen LogP contribution in [-0.2, 0) is 28.6 Å². The summed E-state index contributed by atoms with van der Waals surface area (Å²) < 4.78 is 16.7. The summed E-state index contributed by atoms with van der Waals surface area (Å²) in [7, 11) is 0. The molecule has 0 aliphatic carbocycles. The second-order valence-electron chi connectivity index (χ2n) is 16.0. The minimum Gasteiger partial charge on any atom is -0.462 e. The molecule has 1 unspecified atom stereocenters. The van der Waals surface area contributed by atoms with E-state index in [0.29, 0.717) is 19.3 Å². The van der Waals surface area contributed by atoms with Crippen LogP contribution in [-0.4, -0.2) is 37.2 Å². The van der Waals surface area contributed by atoms with E-state index in [-0.39, 0.29) is 31.1 Å². The Morgan fingerprint density at radius 3 is 0.944 bits per heavy atom. The highest BCUT2D eigenvalue weighted by Crippen LogP contribution is 2.15. The first-order valence-electron chi connectivity index (χ1n) is 23.7. The summed E-state index contributed by atoms with van der Waals surface area (Å²) in [5.41, 5.74) is 0. The maximum absolute atomic E-state index is 12.7. The van der Waals surface area contributed by atoms with Crippen molar-refractivity contribution in [2.45, 2.75) is 264 Å². The summed E-state index contributed by atoms with van der Waals surface area (Å²) in [5.74, 6) is -0.864. The summed E-state index contributed by atoms with van der Waals surface area (Å²) in [4.78, 5) is 37.7. The molecule has 0 aliphatic heterocycles. The van der Waals surface area contributed by atoms with E-state index in [9.17, 15) is 14.4 Å². The molecule has 0 saturated heterocycles. The van der Waals surface area contributed by atoms with Crippen molar-refractivity contribution in [3.05, 3.63) is 12.2 Å². The van der Waals surface area contributed by atoms with Gasteiger partial charge in [-0.3, -0.25) is 14.4 Å². The van der Waals surface area contributed by atoms with Gasteiger partial charge in [0.25, 0.3) is 0 Å². The predicted octanol–water partition coefficient (Wildman–Crippen LogP) is 15.0. The highest BCUT2D eigenvalue weighted by molar-refractivity contribution is 5.71. The van der Waals surface area contributed by atoms with Crippen molar-refractivity contribution in [1.82, 2.24) is 0 Å². The third-order valence-electron chi connectivity index (χ3n) is 10.5. The predicted molar refractivity (Wildman–Crippen MR) is 229 cm³/mol. The fourth-order valence-electron chi connectivity index (χ4n) is 6.91. The lowest BCUT2D eigenvalue weighted by Crippen LogP contribution is -2.30. The van der Waals surface area contributed by atoms with E-state index in [0.717, 1.165) is 57.8 Å². The van der Waals surface area contributed by atoms with Crippen molar-refractivity contribution >= 4 is 17.9 Å². The number of esters is 3. The van der Waals surface area contributed by atoms with Crippen LogP contribution in [0, 0.1) is 0 Å². The Morgan fingerprint density at radius 1 is 0.352 bits per heavy atom. The third-order valence-corrected chi connectivity index (χ3v) is 10.5. The molecule has 6 heteroatoms. The Morgan fingerprint density at radius 2 is 0.611 bits per heavy atom. The molecule has 0 amide bonds. The molecule has 0 heterocycles. The van der Waals surface area contributed by atoms with Crippen LogP contribution in [0.5, 0.6) is 0 Å². The molecule has 318 valence electrons. The quantitative estimate of drug-likeness (QED) is 0.0266. The Bertz CT molecular complexity index is 839. The molecule has 54 heavy (non-hydrogen) atoms. The van der Waals surface area contributed by atoms with Crippen LogP contribution in [0.2, 0.25) is 0 Å². The van der Waals surface area contributed by atoms with Gasteiger partial charge in [0.1, 0.15) is 13.2 Å². The van der Waals surface area contributed by atoms with Crippen LogP contribution < -0.4 is 0 Å². The SMILES string of the molecule is CCCCCC/C=C\CCCCCCCCCC(=O)OCC(COC(=O)CCCCCCCCCCCC)OC(=O)CCCCCCCCCCCCC. The minimum atomic E-state index is -0.762. The van der Waals surface area contributed by atoms with Gasteiger partial charge in [0.2, 0.25) is 0 Å². The van der Waals surface area contributed by atoms with Gasteiger partial charge in [-0.15, -0.1) is 0 Å². The Labute approximate surface area is 335 Å². The van der Waals surface area contributed by atoms with Crippen LogP contribution in [0.25, 0.3) is 0 Å². The summed E-state index contributed by atoms with van der Waals surface area (Å²) in [5, 5.41) is 0. The van der Waals surface area contributed by atoms with Crippen LogP contribution >= 0.6 is 0 Å². The van der Waals surface area contributed by atoms with Crippen molar-refractivity contribution in [1.29, 1.82) is 0 Å². The zero-order valence-corrected chi connectivity index (χ0v) is 36.3. The first-order chi connectivity index (χ1) is 26.5. The van der Waals surface area contributed by atoms with E-state index >= 15 is 0 Å². The zero-order valence-electron chi connectivity index (χ0n) is 36.3. The van der Waals surface area contributed by atoms with Crippen molar-refractivity contribution in [2.75, 3.05) is 13.2 Å². The number of rotatable bonds is 43. The second-order valence-corrected chi connectivity index (χ2v) is 16.0. The molecule has 0 aromatic heterocycles. The first kappa shape index (κ1) is 52.2. The van der Waals surface area contributed by atoms with Crippen molar-refractivity contribution in [2.24, 2.45) is 0 Å². The van der Waals surface area contributed by atoms with Gasteiger partial charge in [0.15, 0.2) is 6.10 Å². The van der Waals surface area contributed by atoms with Crippen molar-refractivity contribution < 1.29 is 28.6 Å². The summed E-state index contributed by atoms with van der Waals surface area (Å²) in [6.45, 7) is 6.62. The van der Waals surface area contributed by atoms with Gasteiger partial charge in [-0.25, -0.2) is 0 Å². The van der Waals surface area contributed by atoms with Gasteiger partial charge in [0.05, 0.1) is 0 Å². The van der Waals surface area contributed by atoms with E-state index in [4.69, 9.17) is 14.2 Å². The van der Waals surface area contributed by atoms with Gasteiger partial charge >= 0.3 is 17.9 Å². The van der Waals surface area contributed by atoms with Gasteiger partial charge in [-0.2, -0.15) is 0 Å². The van der Waals surface area contributed by atoms with E-state index in [1.165, 1.54) is 161 Å². The molecule has 0 rings (SSSR count). The molecular formula is C48H90O6. The first-order valence-corrected chi connectivity index (χ1v) is 23.7. The van der Waals surface area contributed by atoms with Gasteiger partial charge in [-0.05, 0) is 44.9 Å². The van der Waals surface area contributed by atoms with Crippen LogP contribution in [0.4, 0.5) is 0 Å². The number of ether oxygens (including phenoxy) is 3. The van der Waals surface area contributed by atoms with Crippen molar-refractivity contribution in [3.63, 3.8) is 0 Å². The maximum atomic E-state index is 12.7. The second kappa shape index (κ2) is 43.9. The highest BCUT2D eigenvalue weighted by atomic mass is 16.6. The third kappa shape index (κ3) is 41.3. The average molecular weight is 763 g/mol. The maximum Gasteiger partial charge on any atom is 0.306 e. The number of carbonyl (C=O) groups excluding carboxylic acids is 3. The Kier molecular flexibility index (Phi) is 42.4. The number of unbranched alkanes of at least 4 members (excludes halogenated alkanes) is 30. The number of allylic oxidation sites excluding steroid dienone is 2. The summed E-state index contributed by atoms with van der Waals surface area (Å²) >= 11 is 0. The molecule has 0 spiro atoms. The molecule has 0 aromatic carbocycles. The van der Waals surface area contributed by atoms with Crippen LogP contribution in [0.3, 0.4) is 0 Å². The molecule has 0 fully saturated rings. The van der Waals surface area contributed by atoms with E-state index in [2.05, 4.69) is 32.9 Å². The molecule has 0 bridgehead atoms. The summed E-state index contributed by atoms with van der Waals surface area (Å²) in [6.07, 6.45) is 46.2. The van der Waals surface area contributed by atoms with Crippen LogP contribution in [0.15, 0.2) is 12.2 Å². The smallest absolute Gasteiger partial charge is 0.306 e. The molecule has 0 aliphatic rings. The lowest BCUT2D eigenvalue weighted by molar-refractivity contribution is -0.167. The number of hydrogen-bond acceptors (Lipinski definition) is 6. The topological polar surface area (TPSA) is 78.9 Å². The zero-order chi connectivity index (χ0) is 39.4. The molecule has 0 radical (unpaired) electrons. The van der Waals surface area contributed by atoms with E-state index < -0.39 is 6.10 Å². The van der Waals surface area contributed by atoms with Crippen molar-refractivity contribution in [3.8, 4) is 0 Å². The van der Waals surface area contributed by atoms with Crippen LogP contribution in [0.1, 0.15) is 258 Å². The monoisotopic (exact) mass is 763 g/mol. The fraction of sp³-hybridized carbons (Fsp3) is 0.896. The molecular weight excluding hydrogens is 673 g/mol. The lowest BCUT2D eigenvalue weighted by atomic mass is 10.1. The number of carbonyl (C=O) groups is 3. The Hall–Kier alpha value is -1.85. The van der Waals surface area contributed by atoms with E-state index in [1.807, 2.05) is 0 Å². The highest BCUT2D eigenvalue weighted by Gasteiger charge is 2.19. The fourth-order valence-corrected chi connectivity index (χ4v) is 6.91. The van der Waals surface area contributed by atoms with Gasteiger partial charge in [0, 0.05) is 19.3 Å². The van der Waals surface area contributed by atoms with Gasteiger partial charge in [-0.1, -0.05) is 206 Å². The molecule has 0 N–H and O–H groups in total. The largest absolute Gasteiger partial charge is 0.462 e. The molecule has 0 saturated carbocycles. The average Bonchev–Trinajstić information content (AvgIpc) is 3.17. The normalized spacial score (nSPS) is 12.0. The lowest BCUT2D eigenvalue weighted by Gasteiger charge is -2.18. The summed E-state index contributed by atoms with van der Waals surface area (Å²) in [6, 6.07) is 0. The van der Waals surface area contributed by atoms with Gasteiger partial charge < -0.3 is 14.2 Å². The molecule has 0 aromatic rings. The minimum absolute atomic E-state index is 0.0668. The van der Waals surface area contributed by atoms with E-state index in [1.54, 1.807) is 0 Å². The number of hydrogen-bond donors (Lipinski definition) is 0. The standard InChI is InChI=1S/C48H90O6/c1-4-7-10-13-16-19-22-23-24-25-27-29-32-35-38-41-47(50)53-44-45(43-52-46(49)40-37-34-31-28-21-18-15-12-9-6-3)54-48(51)42-39-36-33-30-26-20-17-14-11-8-5-2/h19,22,45H,4-18,20-21,23-44H2,1-3H3/b22-19-. The Balaban J connectivity index is 4.31.